The van der Waals surface area contributed by atoms with Crippen molar-refractivity contribution in [2.75, 3.05) is 6.61 Å². The van der Waals surface area contributed by atoms with Crippen LogP contribution in [0.4, 0.5) is 0 Å². The molecule has 0 spiro atoms. The Morgan fingerprint density at radius 3 is 2.36 bits per heavy atom. The van der Waals surface area contributed by atoms with E-state index in [1.807, 2.05) is 0 Å². The van der Waals surface area contributed by atoms with Crippen molar-refractivity contribution < 1.29 is 9.53 Å². The van der Waals surface area contributed by atoms with Gasteiger partial charge >= 0.3 is 5.97 Å². The van der Waals surface area contributed by atoms with Crippen molar-refractivity contribution in [2.24, 2.45) is 11.8 Å². The van der Waals surface area contributed by atoms with Gasteiger partial charge in [-0.3, -0.25) is 4.79 Å². The van der Waals surface area contributed by atoms with Crippen LogP contribution < -0.4 is 0 Å². The van der Waals surface area contributed by atoms with Crippen molar-refractivity contribution in [2.45, 2.75) is 46.5 Å². The molecule has 0 aromatic rings. The Kier molecular flexibility index (Phi) is 7.54. The van der Waals surface area contributed by atoms with Gasteiger partial charge in [0.25, 0.3) is 0 Å². The number of carbonyl (C=O) groups excluding carboxylic acids is 1. The van der Waals surface area contributed by atoms with Crippen LogP contribution >= 0.6 is 0 Å². The normalized spacial score (nSPS) is 12.9. The minimum atomic E-state index is -0.417. The molecule has 2 nitrogen and oxygen atoms in total. The molecule has 0 N–H and O–H groups in total. The Labute approximate surface area is 88.0 Å². The minimum absolute atomic E-state index is 0.417. The first-order chi connectivity index (χ1) is 6.52. The summed E-state index contributed by atoms with van der Waals surface area (Å²) < 4.78 is 4.79. The summed E-state index contributed by atoms with van der Waals surface area (Å²) in [4.78, 5) is 10.4. The van der Waals surface area contributed by atoms with E-state index in [-0.39, 0.29) is 0 Å². The number of rotatable bonds is 7. The van der Waals surface area contributed by atoms with Crippen LogP contribution in [0.5, 0.6) is 0 Å². The van der Waals surface area contributed by atoms with Gasteiger partial charge in [0.15, 0.2) is 0 Å². The molecule has 1 unspecified atom stereocenters. The molecular weight excluding hydrogens is 176 g/mol. The summed E-state index contributed by atoms with van der Waals surface area (Å²) in [7, 11) is 0. The highest BCUT2D eigenvalue weighted by Crippen LogP contribution is 2.14. The van der Waals surface area contributed by atoms with Crippen LogP contribution in [0, 0.1) is 18.8 Å². The number of carbonyl (C=O) groups is 1. The quantitative estimate of drug-likeness (QED) is 0.588. The first-order valence-electron chi connectivity index (χ1n) is 5.51. The lowest BCUT2D eigenvalue weighted by Crippen LogP contribution is -2.05. The molecule has 0 aromatic carbocycles. The van der Waals surface area contributed by atoms with Gasteiger partial charge in [0.05, 0.1) is 13.5 Å². The molecule has 1 radical (unpaired) electrons. The number of hydrogen-bond donors (Lipinski definition) is 0. The maximum Gasteiger partial charge on any atom is 0.306 e. The molecule has 0 amide bonds. The monoisotopic (exact) mass is 199 g/mol. The van der Waals surface area contributed by atoms with Crippen LogP contribution in [0.15, 0.2) is 0 Å². The molecule has 0 aliphatic heterocycles. The van der Waals surface area contributed by atoms with Gasteiger partial charge in [-0.2, -0.15) is 0 Å². The van der Waals surface area contributed by atoms with Crippen molar-refractivity contribution in [1.29, 1.82) is 0 Å². The summed E-state index contributed by atoms with van der Waals surface area (Å²) in [6, 6.07) is 0. The summed E-state index contributed by atoms with van der Waals surface area (Å²) in [5.41, 5.74) is 0. The number of esters is 1. The first-order valence-corrected chi connectivity index (χ1v) is 5.51. The molecule has 83 valence electrons. The number of ether oxygens (including phenoxy) is 1. The second-order valence-electron chi connectivity index (χ2n) is 4.44. The lowest BCUT2D eigenvalue weighted by atomic mass is 9.98. The third-order valence-electron chi connectivity index (χ3n) is 2.35. The van der Waals surface area contributed by atoms with E-state index in [0.29, 0.717) is 12.5 Å². The van der Waals surface area contributed by atoms with Gasteiger partial charge in [0, 0.05) is 0 Å². The van der Waals surface area contributed by atoms with Crippen LogP contribution in [0.1, 0.15) is 46.5 Å². The standard InChI is InChI=1S/C12H23O2/c1-10(2)6-5-7-11(3)8-9-14-12(4)13/h10-11H,4-9H2,1-3H3. The average Bonchev–Trinajstić information content (AvgIpc) is 2.02. The molecule has 0 rings (SSSR count). The lowest BCUT2D eigenvalue weighted by molar-refractivity contribution is -0.138. The third kappa shape index (κ3) is 9.56. The average molecular weight is 199 g/mol. The predicted molar refractivity (Wildman–Crippen MR) is 58.8 cm³/mol. The molecule has 0 saturated heterocycles. The van der Waals surface area contributed by atoms with E-state index >= 15 is 0 Å². The molecular formula is C12H23O2. The molecule has 0 aliphatic carbocycles. The Balaban J connectivity index is 3.27. The molecule has 2 heteroatoms. The summed E-state index contributed by atoms with van der Waals surface area (Å²) >= 11 is 0. The highest BCUT2D eigenvalue weighted by molar-refractivity contribution is 5.73. The van der Waals surface area contributed by atoms with E-state index in [0.717, 1.165) is 12.3 Å². The van der Waals surface area contributed by atoms with Gasteiger partial charge in [-0.25, -0.2) is 0 Å². The summed E-state index contributed by atoms with van der Waals surface area (Å²) in [6.45, 7) is 10.4. The highest BCUT2D eigenvalue weighted by Gasteiger charge is 2.04. The second kappa shape index (κ2) is 7.84. The van der Waals surface area contributed by atoms with Gasteiger partial charge in [0.1, 0.15) is 0 Å². The van der Waals surface area contributed by atoms with Crippen LogP contribution in [0.25, 0.3) is 0 Å². The molecule has 0 saturated carbocycles. The first kappa shape index (κ1) is 13.5. The van der Waals surface area contributed by atoms with Gasteiger partial charge in [-0.1, -0.05) is 40.0 Å². The highest BCUT2D eigenvalue weighted by atomic mass is 16.5. The molecule has 0 fully saturated rings. The zero-order valence-electron chi connectivity index (χ0n) is 9.71. The summed E-state index contributed by atoms with van der Waals surface area (Å²) in [5.74, 6) is 1.02. The predicted octanol–water partition coefficient (Wildman–Crippen LogP) is 3.22. The largest absolute Gasteiger partial charge is 0.466 e. The molecule has 0 heterocycles. The zero-order valence-corrected chi connectivity index (χ0v) is 9.71. The van der Waals surface area contributed by atoms with Crippen molar-refractivity contribution in [3.05, 3.63) is 6.92 Å². The molecule has 14 heavy (non-hydrogen) atoms. The fraction of sp³-hybridized carbons (Fsp3) is 0.833. The molecule has 1 atom stereocenters. The van der Waals surface area contributed by atoms with Crippen LogP contribution in [0.3, 0.4) is 0 Å². The Hall–Kier alpha value is -0.530. The lowest BCUT2D eigenvalue weighted by Gasteiger charge is -2.11. The van der Waals surface area contributed by atoms with Gasteiger partial charge in [-0.05, 0) is 18.3 Å². The maximum atomic E-state index is 10.4. The number of hydrogen-bond acceptors (Lipinski definition) is 2. The maximum absolute atomic E-state index is 10.4. The Morgan fingerprint density at radius 1 is 1.21 bits per heavy atom. The fourth-order valence-electron chi connectivity index (χ4n) is 1.39. The van der Waals surface area contributed by atoms with Crippen molar-refractivity contribution in [1.82, 2.24) is 0 Å². The van der Waals surface area contributed by atoms with Crippen molar-refractivity contribution in [3.63, 3.8) is 0 Å². The molecule has 0 bridgehead atoms. The van der Waals surface area contributed by atoms with E-state index in [1.165, 1.54) is 19.3 Å². The van der Waals surface area contributed by atoms with Crippen molar-refractivity contribution in [3.8, 4) is 0 Å². The van der Waals surface area contributed by atoms with Gasteiger partial charge in [-0.15, -0.1) is 0 Å². The van der Waals surface area contributed by atoms with E-state index < -0.39 is 5.97 Å². The molecule has 0 aromatic heterocycles. The van der Waals surface area contributed by atoms with Crippen LogP contribution in [-0.4, -0.2) is 12.6 Å². The fourth-order valence-corrected chi connectivity index (χ4v) is 1.39. The molecule has 0 aliphatic rings. The van der Waals surface area contributed by atoms with Crippen molar-refractivity contribution >= 4 is 5.97 Å². The van der Waals surface area contributed by atoms with Gasteiger partial charge < -0.3 is 4.74 Å². The Morgan fingerprint density at radius 2 is 1.86 bits per heavy atom. The van der Waals surface area contributed by atoms with Crippen LogP contribution in [0.2, 0.25) is 0 Å². The van der Waals surface area contributed by atoms with Crippen LogP contribution in [-0.2, 0) is 9.53 Å². The van der Waals surface area contributed by atoms with E-state index in [4.69, 9.17) is 4.74 Å². The van der Waals surface area contributed by atoms with E-state index in [9.17, 15) is 4.79 Å². The smallest absolute Gasteiger partial charge is 0.306 e. The zero-order chi connectivity index (χ0) is 11.0. The SMILES string of the molecule is [CH2]C(=O)OCCC(C)CCCC(C)C. The third-order valence-corrected chi connectivity index (χ3v) is 2.35. The second-order valence-corrected chi connectivity index (χ2v) is 4.44. The van der Waals surface area contributed by atoms with Gasteiger partial charge in [0.2, 0.25) is 0 Å². The minimum Gasteiger partial charge on any atom is -0.466 e. The Bertz CT molecular complexity index is 152. The summed E-state index contributed by atoms with van der Waals surface area (Å²) in [6.07, 6.45) is 4.75. The summed E-state index contributed by atoms with van der Waals surface area (Å²) in [5, 5.41) is 0. The van der Waals surface area contributed by atoms with E-state index in [2.05, 4.69) is 27.7 Å². The topological polar surface area (TPSA) is 26.3 Å². The van der Waals surface area contributed by atoms with E-state index in [1.54, 1.807) is 0 Å².